The molecule has 9 heteroatoms. The number of amides is 1. The second-order valence-electron chi connectivity index (χ2n) is 5.83. The maximum Gasteiger partial charge on any atom is 0.340 e. The van der Waals surface area contributed by atoms with Gasteiger partial charge in [-0.2, -0.15) is 0 Å². The molecule has 0 heterocycles. The van der Waals surface area contributed by atoms with E-state index in [2.05, 4.69) is 5.32 Å². The minimum Gasteiger partial charge on any atom is -0.452 e. The molecule has 0 bridgehead atoms. The van der Waals surface area contributed by atoms with Crippen molar-refractivity contribution in [2.75, 3.05) is 25.6 Å². The molecular weight excluding hydrogens is 374 g/mol. The second kappa shape index (κ2) is 9.00. The van der Waals surface area contributed by atoms with Crippen molar-refractivity contribution < 1.29 is 19.2 Å². The molecule has 0 aromatic heterocycles. The van der Waals surface area contributed by atoms with Crippen LogP contribution in [0.15, 0.2) is 42.5 Å². The lowest BCUT2D eigenvalue weighted by molar-refractivity contribution is -0.384. The molecule has 1 amide bonds. The van der Waals surface area contributed by atoms with Gasteiger partial charge in [-0.1, -0.05) is 23.7 Å². The Kier molecular flexibility index (Phi) is 6.73. The van der Waals surface area contributed by atoms with Gasteiger partial charge in [0.25, 0.3) is 11.6 Å². The molecule has 27 heavy (non-hydrogen) atoms. The average molecular weight is 392 g/mol. The highest BCUT2D eigenvalue weighted by molar-refractivity contribution is 6.33. The molecular formula is C18H18ClN3O5. The van der Waals surface area contributed by atoms with Crippen LogP contribution in [0.2, 0.25) is 5.02 Å². The van der Waals surface area contributed by atoms with Gasteiger partial charge in [-0.25, -0.2) is 4.79 Å². The Labute approximate surface area is 160 Å². The number of non-ortho nitro benzene ring substituents is 1. The summed E-state index contributed by atoms with van der Waals surface area (Å²) in [6.07, 6.45) is 0. The van der Waals surface area contributed by atoms with E-state index in [1.54, 1.807) is 0 Å². The molecule has 0 radical (unpaired) electrons. The SMILES string of the molecule is CN(C)c1ccc(CNC(=O)COC(=O)c2ccc([N+](=O)[O-])cc2Cl)cc1. The Balaban J connectivity index is 1.84. The standard InChI is InChI=1S/C18H18ClN3O5/c1-21(2)13-5-3-12(4-6-13)10-20-17(23)11-27-18(24)15-8-7-14(22(25)26)9-16(15)19/h3-9H,10-11H2,1-2H3,(H,20,23). The quantitative estimate of drug-likeness (QED) is 0.442. The zero-order valence-corrected chi connectivity index (χ0v) is 15.5. The van der Waals surface area contributed by atoms with Gasteiger partial charge in [0.05, 0.1) is 15.5 Å². The van der Waals surface area contributed by atoms with Crippen molar-refractivity contribution in [2.45, 2.75) is 6.54 Å². The molecule has 0 atom stereocenters. The molecule has 8 nitrogen and oxygen atoms in total. The van der Waals surface area contributed by atoms with Crippen LogP contribution in [0.5, 0.6) is 0 Å². The minimum absolute atomic E-state index is 0.0469. The van der Waals surface area contributed by atoms with Crippen molar-refractivity contribution in [1.82, 2.24) is 5.32 Å². The van der Waals surface area contributed by atoms with E-state index in [1.807, 2.05) is 43.3 Å². The fourth-order valence-electron chi connectivity index (χ4n) is 2.16. The molecule has 0 saturated heterocycles. The molecule has 0 aliphatic carbocycles. The molecule has 2 rings (SSSR count). The van der Waals surface area contributed by atoms with Crippen LogP contribution < -0.4 is 10.2 Å². The number of hydrogen-bond acceptors (Lipinski definition) is 6. The normalized spacial score (nSPS) is 10.2. The van der Waals surface area contributed by atoms with E-state index in [9.17, 15) is 19.7 Å². The maximum absolute atomic E-state index is 12.0. The van der Waals surface area contributed by atoms with Crippen LogP contribution in [0.4, 0.5) is 11.4 Å². The summed E-state index contributed by atoms with van der Waals surface area (Å²) >= 11 is 5.85. The number of ether oxygens (including phenoxy) is 1. The highest BCUT2D eigenvalue weighted by atomic mass is 35.5. The topological polar surface area (TPSA) is 102 Å². The summed E-state index contributed by atoms with van der Waals surface area (Å²) in [5.74, 6) is -1.31. The summed E-state index contributed by atoms with van der Waals surface area (Å²) in [6, 6.07) is 11.0. The number of carbonyl (C=O) groups excluding carboxylic acids is 2. The molecule has 142 valence electrons. The van der Waals surface area contributed by atoms with E-state index in [0.717, 1.165) is 23.4 Å². The molecule has 0 aliphatic rings. The molecule has 0 spiro atoms. The Morgan fingerprint density at radius 3 is 2.41 bits per heavy atom. The lowest BCUT2D eigenvalue weighted by Gasteiger charge is -2.13. The van der Waals surface area contributed by atoms with Crippen LogP contribution >= 0.6 is 11.6 Å². The highest BCUT2D eigenvalue weighted by Gasteiger charge is 2.17. The molecule has 2 aromatic rings. The number of nitrogens with one attached hydrogen (secondary N) is 1. The number of halogens is 1. The van der Waals surface area contributed by atoms with Gasteiger partial charge in [0.1, 0.15) is 0 Å². The second-order valence-corrected chi connectivity index (χ2v) is 6.24. The van der Waals surface area contributed by atoms with E-state index >= 15 is 0 Å². The lowest BCUT2D eigenvalue weighted by Crippen LogP contribution is -2.28. The maximum atomic E-state index is 12.0. The Hall–Kier alpha value is -3.13. The van der Waals surface area contributed by atoms with Gasteiger partial charge in [-0.3, -0.25) is 14.9 Å². The van der Waals surface area contributed by atoms with Crippen LogP contribution in [0, 0.1) is 10.1 Å². The number of esters is 1. The van der Waals surface area contributed by atoms with Crippen molar-refractivity contribution in [1.29, 1.82) is 0 Å². The molecule has 0 fully saturated rings. The summed E-state index contributed by atoms with van der Waals surface area (Å²) in [7, 11) is 3.87. The van der Waals surface area contributed by atoms with Gasteiger partial charge in [0.2, 0.25) is 0 Å². The van der Waals surface area contributed by atoms with Crippen molar-refractivity contribution in [3.05, 3.63) is 68.7 Å². The van der Waals surface area contributed by atoms with Crippen molar-refractivity contribution in [3.8, 4) is 0 Å². The van der Waals surface area contributed by atoms with Gasteiger partial charge in [-0.15, -0.1) is 0 Å². The van der Waals surface area contributed by atoms with Gasteiger partial charge in [0.15, 0.2) is 6.61 Å². The Bertz CT molecular complexity index is 853. The summed E-state index contributed by atoms with van der Waals surface area (Å²) in [5.41, 5.74) is 1.65. The summed E-state index contributed by atoms with van der Waals surface area (Å²) < 4.78 is 4.90. The van der Waals surface area contributed by atoms with E-state index in [1.165, 1.54) is 6.07 Å². The first-order valence-electron chi connectivity index (χ1n) is 7.92. The molecule has 2 aromatic carbocycles. The largest absolute Gasteiger partial charge is 0.452 e. The summed E-state index contributed by atoms with van der Waals surface area (Å²) in [6.45, 7) is -0.190. The number of hydrogen-bond donors (Lipinski definition) is 1. The van der Waals surface area contributed by atoms with Gasteiger partial charge in [0, 0.05) is 38.5 Å². The molecule has 0 unspecified atom stereocenters. The number of rotatable bonds is 7. The third-order valence-electron chi connectivity index (χ3n) is 3.66. The first-order valence-corrected chi connectivity index (χ1v) is 8.29. The fraction of sp³-hybridized carbons (Fsp3) is 0.222. The minimum atomic E-state index is -0.833. The Morgan fingerprint density at radius 1 is 1.19 bits per heavy atom. The third kappa shape index (κ3) is 5.68. The van der Waals surface area contributed by atoms with Crippen molar-refractivity contribution >= 4 is 34.9 Å². The molecule has 0 saturated carbocycles. The van der Waals surface area contributed by atoms with Crippen LogP contribution in [0.25, 0.3) is 0 Å². The number of anilines is 1. The number of benzene rings is 2. The van der Waals surface area contributed by atoms with Crippen molar-refractivity contribution in [2.24, 2.45) is 0 Å². The zero-order valence-electron chi connectivity index (χ0n) is 14.8. The molecule has 0 aliphatic heterocycles. The van der Waals surface area contributed by atoms with Gasteiger partial charge < -0.3 is 15.0 Å². The number of carbonyl (C=O) groups is 2. The van der Waals surface area contributed by atoms with Gasteiger partial charge >= 0.3 is 5.97 Å². The number of nitro benzene ring substituents is 1. The fourth-order valence-corrected chi connectivity index (χ4v) is 2.41. The van der Waals surface area contributed by atoms with Gasteiger partial charge in [-0.05, 0) is 23.8 Å². The first-order chi connectivity index (χ1) is 12.8. The number of nitro groups is 1. The smallest absolute Gasteiger partial charge is 0.340 e. The summed E-state index contributed by atoms with van der Waals surface area (Å²) in [5, 5.41) is 13.2. The van der Waals surface area contributed by atoms with Crippen LogP contribution in [0.3, 0.4) is 0 Å². The first kappa shape index (κ1) is 20.2. The monoisotopic (exact) mass is 391 g/mol. The predicted molar refractivity (Wildman–Crippen MR) is 101 cm³/mol. The van der Waals surface area contributed by atoms with Crippen LogP contribution in [-0.4, -0.2) is 37.5 Å². The molecule has 1 N–H and O–H groups in total. The van der Waals surface area contributed by atoms with Crippen LogP contribution in [-0.2, 0) is 16.1 Å². The average Bonchev–Trinajstić information content (AvgIpc) is 2.64. The van der Waals surface area contributed by atoms with E-state index < -0.39 is 23.4 Å². The van der Waals surface area contributed by atoms with E-state index in [4.69, 9.17) is 16.3 Å². The van der Waals surface area contributed by atoms with E-state index in [-0.39, 0.29) is 16.3 Å². The Morgan fingerprint density at radius 2 is 1.85 bits per heavy atom. The number of nitrogens with zero attached hydrogens (tertiary/aromatic N) is 2. The third-order valence-corrected chi connectivity index (χ3v) is 3.97. The van der Waals surface area contributed by atoms with Crippen LogP contribution in [0.1, 0.15) is 15.9 Å². The van der Waals surface area contributed by atoms with E-state index in [0.29, 0.717) is 6.54 Å². The predicted octanol–water partition coefficient (Wildman–Crippen LogP) is 2.79. The van der Waals surface area contributed by atoms with Crippen molar-refractivity contribution in [3.63, 3.8) is 0 Å². The lowest BCUT2D eigenvalue weighted by atomic mass is 10.2. The summed E-state index contributed by atoms with van der Waals surface area (Å²) in [4.78, 5) is 35.8. The zero-order chi connectivity index (χ0) is 20.0. The highest BCUT2D eigenvalue weighted by Crippen LogP contribution is 2.23.